The minimum atomic E-state index is -1.14. The van der Waals surface area contributed by atoms with E-state index < -0.39 is 12.0 Å². The molecule has 1 aromatic rings. The fourth-order valence-electron chi connectivity index (χ4n) is 2.77. The number of hydrogen-bond donors (Lipinski definition) is 2. The standard InChI is InChI=1S/C15H19N5O3/c16-8-12-2-1-5-18-14(12)19-6-3-11(4-7-19)9-20(15(22)23)10-13(17)21/h1-2,5,11H,3-4,6-7,9-10H2,(H2,17,21)(H,22,23). The maximum Gasteiger partial charge on any atom is 0.407 e. The summed E-state index contributed by atoms with van der Waals surface area (Å²) >= 11 is 0. The summed E-state index contributed by atoms with van der Waals surface area (Å²) in [5.74, 6) is 0.175. The third-order valence-electron chi connectivity index (χ3n) is 3.92. The quantitative estimate of drug-likeness (QED) is 0.821. The lowest BCUT2D eigenvalue weighted by Gasteiger charge is -2.34. The predicted molar refractivity (Wildman–Crippen MR) is 82.7 cm³/mol. The van der Waals surface area contributed by atoms with Crippen LogP contribution in [0.5, 0.6) is 0 Å². The summed E-state index contributed by atoms with van der Waals surface area (Å²) in [5, 5.41) is 18.2. The number of nitrogens with zero attached hydrogens (tertiary/aromatic N) is 4. The van der Waals surface area contributed by atoms with E-state index >= 15 is 0 Å². The number of primary amides is 1. The summed E-state index contributed by atoms with van der Waals surface area (Å²) in [6, 6.07) is 5.59. The topological polar surface area (TPSA) is 124 Å². The summed E-state index contributed by atoms with van der Waals surface area (Å²) in [6.07, 6.45) is 2.05. The Bertz CT molecular complexity index is 620. The first-order valence-corrected chi connectivity index (χ1v) is 7.37. The van der Waals surface area contributed by atoms with Crippen molar-refractivity contribution in [3.8, 4) is 6.07 Å². The van der Waals surface area contributed by atoms with Gasteiger partial charge < -0.3 is 15.7 Å². The highest BCUT2D eigenvalue weighted by Gasteiger charge is 2.25. The smallest absolute Gasteiger partial charge is 0.407 e. The Morgan fingerprint density at radius 1 is 1.48 bits per heavy atom. The summed E-state index contributed by atoms with van der Waals surface area (Å²) in [6.45, 7) is 1.40. The molecule has 8 nitrogen and oxygen atoms in total. The molecule has 1 fully saturated rings. The van der Waals surface area contributed by atoms with Crippen LogP contribution in [-0.2, 0) is 4.79 Å². The highest BCUT2D eigenvalue weighted by molar-refractivity contribution is 5.80. The molecule has 8 heteroatoms. The zero-order chi connectivity index (χ0) is 16.8. The van der Waals surface area contributed by atoms with Gasteiger partial charge in [-0.3, -0.25) is 9.69 Å². The van der Waals surface area contributed by atoms with E-state index in [1.807, 2.05) is 4.90 Å². The molecule has 0 radical (unpaired) electrons. The van der Waals surface area contributed by atoms with Crippen LogP contribution in [0.25, 0.3) is 0 Å². The van der Waals surface area contributed by atoms with Crippen molar-refractivity contribution in [3.63, 3.8) is 0 Å². The second kappa shape index (κ2) is 7.45. The molecule has 0 unspecified atom stereocenters. The number of aromatic nitrogens is 1. The van der Waals surface area contributed by atoms with Gasteiger partial charge in [0, 0.05) is 25.8 Å². The molecular weight excluding hydrogens is 298 g/mol. The lowest BCUT2D eigenvalue weighted by molar-refractivity contribution is -0.119. The van der Waals surface area contributed by atoms with Gasteiger partial charge in [0.2, 0.25) is 5.91 Å². The van der Waals surface area contributed by atoms with Crippen molar-refractivity contribution in [2.45, 2.75) is 12.8 Å². The van der Waals surface area contributed by atoms with Gasteiger partial charge in [0.05, 0.1) is 5.56 Å². The first kappa shape index (κ1) is 16.5. The minimum Gasteiger partial charge on any atom is -0.465 e. The fourth-order valence-corrected chi connectivity index (χ4v) is 2.77. The van der Waals surface area contributed by atoms with E-state index in [1.165, 1.54) is 0 Å². The fraction of sp³-hybridized carbons (Fsp3) is 0.467. The summed E-state index contributed by atoms with van der Waals surface area (Å²) in [7, 11) is 0. The minimum absolute atomic E-state index is 0.163. The van der Waals surface area contributed by atoms with Gasteiger partial charge in [-0.05, 0) is 30.9 Å². The Morgan fingerprint density at radius 2 is 2.17 bits per heavy atom. The number of carbonyl (C=O) groups excluding carboxylic acids is 1. The second-order valence-corrected chi connectivity index (χ2v) is 5.55. The summed E-state index contributed by atoms with van der Waals surface area (Å²) in [5.41, 5.74) is 5.61. The molecule has 1 saturated heterocycles. The van der Waals surface area contributed by atoms with Gasteiger partial charge >= 0.3 is 6.09 Å². The molecule has 0 aliphatic carbocycles. The van der Waals surface area contributed by atoms with Crippen LogP contribution in [-0.4, -0.2) is 53.2 Å². The molecule has 0 spiro atoms. The molecule has 122 valence electrons. The third kappa shape index (κ3) is 4.32. The average molecular weight is 317 g/mol. The van der Waals surface area contributed by atoms with Gasteiger partial charge in [-0.1, -0.05) is 0 Å². The highest BCUT2D eigenvalue weighted by Crippen LogP contribution is 2.24. The molecular formula is C15H19N5O3. The number of carbonyl (C=O) groups is 2. The number of rotatable bonds is 5. The van der Waals surface area contributed by atoms with Crippen molar-refractivity contribution in [1.29, 1.82) is 5.26 Å². The molecule has 0 aromatic carbocycles. The van der Waals surface area contributed by atoms with Gasteiger partial charge in [0.15, 0.2) is 0 Å². The number of hydrogen-bond acceptors (Lipinski definition) is 5. The second-order valence-electron chi connectivity index (χ2n) is 5.55. The Kier molecular flexibility index (Phi) is 5.36. The van der Waals surface area contributed by atoms with E-state index in [2.05, 4.69) is 11.1 Å². The van der Waals surface area contributed by atoms with E-state index in [4.69, 9.17) is 16.1 Å². The average Bonchev–Trinajstić information content (AvgIpc) is 2.54. The normalized spacial score (nSPS) is 15.0. The number of piperidine rings is 1. The molecule has 1 aliphatic heterocycles. The summed E-state index contributed by atoms with van der Waals surface area (Å²) < 4.78 is 0. The Balaban J connectivity index is 1.94. The van der Waals surface area contributed by atoms with Crippen molar-refractivity contribution in [2.75, 3.05) is 31.1 Å². The maximum absolute atomic E-state index is 11.1. The molecule has 0 bridgehead atoms. The van der Waals surface area contributed by atoms with Crippen LogP contribution in [0.3, 0.4) is 0 Å². The molecule has 2 heterocycles. The number of nitriles is 1. The van der Waals surface area contributed by atoms with Crippen molar-refractivity contribution in [2.24, 2.45) is 11.7 Å². The largest absolute Gasteiger partial charge is 0.465 e. The molecule has 1 aromatic heterocycles. The van der Waals surface area contributed by atoms with Crippen LogP contribution < -0.4 is 10.6 Å². The number of amides is 2. The Morgan fingerprint density at radius 3 is 2.74 bits per heavy atom. The molecule has 1 aliphatic rings. The van der Waals surface area contributed by atoms with Gasteiger partial charge in [0.25, 0.3) is 0 Å². The van der Waals surface area contributed by atoms with Crippen molar-refractivity contribution < 1.29 is 14.7 Å². The van der Waals surface area contributed by atoms with Gasteiger partial charge in [0.1, 0.15) is 18.4 Å². The van der Waals surface area contributed by atoms with E-state index in [1.54, 1.807) is 18.3 Å². The Hall–Kier alpha value is -2.82. The first-order valence-electron chi connectivity index (χ1n) is 7.37. The van der Waals surface area contributed by atoms with Gasteiger partial charge in [-0.2, -0.15) is 5.26 Å². The van der Waals surface area contributed by atoms with Gasteiger partial charge in [-0.15, -0.1) is 0 Å². The van der Waals surface area contributed by atoms with Crippen molar-refractivity contribution in [1.82, 2.24) is 9.88 Å². The van der Waals surface area contributed by atoms with Crippen LogP contribution >= 0.6 is 0 Å². The predicted octanol–water partition coefficient (Wildman–Crippen LogP) is 0.635. The van der Waals surface area contributed by atoms with Crippen LogP contribution in [0.15, 0.2) is 18.3 Å². The molecule has 3 N–H and O–H groups in total. The number of nitrogens with two attached hydrogens (primary N) is 1. The summed E-state index contributed by atoms with van der Waals surface area (Å²) in [4.78, 5) is 29.4. The van der Waals surface area contributed by atoms with E-state index in [0.717, 1.165) is 17.7 Å². The zero-order valence-corrected chi connectivity index (χ0v) is 12.7. The van der Waals surface area contributed by atoms with Crippen molar-refractivity contribution >= 4 is 17.8 Å². The van der Waals surface area contributed by atoms with Crippen LogP contribution in [0.4, 0.5) is 10.6 Å². The first-order chi connectivity index (χ1) is 11.0. The Labute approximate surface area is 134 Å². The monoisotopic (exact) mass is 317 g/mol. The molecule has 2 amide bonds. The number of pyridine rings is 1. The molecule has 0 atom stereocenters. The lowest BCUT2D eigenvalue weighted by atomic mass is 9.96. The highest BCUT2D eigenvalue weighted by atomic mass is 16.4. The lowest BCUT2D eigenvalue weighted by Crippen LogP contribution is -2.43. The van der Waals surface area contributed by atoms with E-state index in [-0.39, 0.29) is 12.5 Å². The molecule has 2 rings (SSSR count). The van der Waals surface area contributed by atoms with Gasteiger partial charge in [-0.25, -0.2) is 9.78 Å². The van der Waals surface area contributed by atoms with E-state index in [0.29, 0.717) is 31.0 Å². The van der Waals surface area contributed by atoms with Crippen LogP contribution in [0, 0.1) is 17.2 Å². The van der Waals surface area contributed by atoms with E-state index in [9.17, 15) is 9.59 Å². The van der Waals surface area contributed by atoms with Crippen LogP contribution in [0.2, 0.25) is 0 Å². The SMILES string of the molecule is N#Cc1cccnc1N1CCC(CN(CC(N)=O)C(=O)O)CC1. The molecule has 23 heavy (non-hydrogen) atoms. The zero-order valence-electron chi connectivity index (χ0n) is 12.7. The van der Waals surface area contributed by atoms with Crippen molar-refractivity contribution in [3.05, 3.63) is 23.9 Å². The number of anilines is 1. The maximum atomic E-state index is 11.1. The third-order valence-corrected chi connectivity index (χ3v) is 3.92. The molecule has 0 saturated carbocycles. The van der Waals surface area contributed by atoms with Crippen LogP contribution in [0.1, 0.15) is 18.4 Å². The number of carboxylic acid groups (broad SMARTS) is 1.